The second-order valence-electron chi connectivity index (χ2n) is 12.7. The standard InChI is InChI=1S/C33H31F3N10/c1-20-23(7-5-8-27(20)45-12-6-11-41-45)30(26-18-46(44-43-26)32(9-10-32)33(34,35)36)42-25-14-21(15-37)13-24-28(40-19-31(2,3)4)22(16-38)17-39-29(24)25/h5-8,11-14,17-18,30,42H,9-10,19H2,1-4H3,(H,39,40)/t30-/m0/s1. The van der Waals surface area contributed by atoms with Gasteiger partial charge in [0.25, 0.3) is 0 Å². The van der Waals surface area contributed by atoms with Crippen molar-refractivity contribution in [2.45, 2.75) is 58.3 Å². The lowest BCUT2D eigenvalue weighted by molar-refractivity contribution is -0.182. The van der Waals surface area contributed by atoms with Crippen molar-refractivity contribution < 1.29 is 13.2 Å². The van der Waals surface area contributed by atoms with Gasteiger partial charge in [-0.25, -0.2) is 9.36 Å². The molecule has 0 saturated heterocycles. The second-order valence-corrected chi connectivity index (χ2v) is 12.7. The largest absolute Gasteiger partial charge is 0.413 e. The first-order chi connectivity index (χ1) is 21.8. The Kier molecular flexibility index (Phi) is 7.43. The van der Waals surface area contributed by atoms with Crippen molar-refractivity contribution in [2.75, 3.05) is 17.2 Å². The summed E-state index contributed by atoms with van der Waals surface area (Å²) in [5, 5.41) is 39.9. The van der Waals surface area contributed by atoms with E-state index in [2.05, 4.69) is 63.9 Å². The highest BCUT2D eigenvalue weighted by Gasteiger charge is 2.66. The number of hydrogen-bond donors (Lipinski definition) is 2. The molecule has 234 valence electrons. The third-order valence-electron chi connectivity index (χ3n) is 8.22. The van der Waals surface area contributed by atoms with Crippen LogP contribution in [0.25, 0.3) is 16.6 Å². The molecular weight excluding hydrogens is 593 g/mol. The van der Waals surface area contributed by atoms with Crippen molar-refractivity contribution in [1.82, 2.24) is 29.8 Å². The predicted molar refractivity (Wildman–Crippen MR) is 166 cm³/mol. The molecule has 0 amide bonds. The minimum atomic E-state index is -4.48. The summed E-state index contributed by atoms with van der Waals surface area (Å²) >= 11 is 0. The number of hydrogen-bond acceptors (Lipinski definition) is 8. The van der Waals surface area contributed by atoms with Crippen LogP contribution in [0.3, 0.4) is 0 Å². The lowest BCUT2D eigenvalue weighted by Gasteiger charge is -2.24. The quantitative estimate of drug-likeness (QED) is 0.193. The van der Waals surface area contributed by atoms with Crippen LogP contribution in [0.2, 0.25) is 0 Å². The van der Waals surface area contributed by atoms with Gasteiger partial charge in [0.15, 0.2) is 5.54 Å². The number of nitrogens with one attached hydrogen (secondary N) is 2. The van der Waals surface area contributed by atoms with Crippen LogP contribution >= 0.6 is 0 Å². The van der Waals surface area contributed by atoms with Gasteiger partial charge in [-0.05, 0) is 60.6 Å². The molecule has 5 aromatic rings. The van der Waals surface area contributed by atoms with Crippen LogP contribution in [0.4, 0.5) is 24.5 Å². The van der Waals surface area contributed by atoms with Crippen molar-refractivity contribution >= 4 is 22.3 Å². The summed E-state index contributed by atoms with van der Waals surface area (Å²) in [5.41, 5.74) is 2.46. The molecule has 13 heteroatoms. The van der Waals surface area contributed by atoms with Crippen molar-refractivity contribution in [3.63, 3.8) is 0 Å². The summed E-state index contributed by atoms with van der Waals surface area (Å²) in [6, 6.07) is 14.3. The molecule has 46 heavy (non-hydrogen) atoms. The van der Waals surface area contributed by atoms with Gasteiger partial charge in [0, 0.05) is 30.5 Å². The smallest absolute Gasteiger partial charge is 0.383 e. The number of alkyl halides is 3. The molecule has 0 aliphatic heterocycles. The molecule has 6 rings (SSSR count). The van der Waals surface area contributed by atoms with Gasteiger partial charge in [0.2, 0.25) is 0 Å². The molecule has 3 heterocycles. The fourth-order valence-corrected chi connectivity index (χ4v) is 5.56. The predicted octanol–water partition coefficient (Wildman–Crippen LogP) is 6.77. The average molecular weight is 625 g/mol. The van der Waals surface area contributed by atoms with E-state index in [4.69, 9.17) is 0 Å². The molecule has 0 spiro atoms. The van der Waals surface area contributed by atoms with Crippen molar-refractivity contribution in [1.29, 1.82) is 10.5 Å². The number of benzene rings is 2. The fraction of sp³-hybridized carbons (Fsp3) is 0.333. The molecule has 3 aromatic heterocycles. The normalized spacial score (nSPS) is 14.8. The molecule has 10 nitrogen and oxygen atoms in total. The number of anilines is 2. The SMILES string of the molecule is Cc1c([C@H](Nc2cc(C#N)cc3c(NCC(C)(C)C)c(C#N)cnc23)c2cn(C3(C(F)(F)F)CC3)nn2)cccc1-n1cccn1. The highest BCUT2D eigenvalue weighted by molar-refractivity contribution is 6.01. The van der Waals surface area contributed by atoms with E-state index in [1.165, 1.54) is 12.4 Å². The average Bonchev–Trinajstić information content (AvgIpc) is 3.41. The van der Waals surface area contributed by atoms with Crippen LogP contribution in [-0.2, 0) is 5.54 Å². The van der Waals surface area contributed by atoms with Gasteiger partial charge in [-0.3, -0.25) is 4.98 Å². The molecule has 0 radical (unpaired) electrons. The fourth-order valence-electron chi connectivity index (χ4n) is 5.56. The second kappa shape index (κ2) is 11.2. The van der Waals surface area contributed by atoms with Gasteiger partial charge >= 0.3 is 6.18 Å². The topological polar surface area (TPSA) is 133 Å². The van der Waals surface area contributed by atoms with E-state index >= 15 is 0 Å². The van der Waals surface area contributed by atoms with Crippen LogP contribution < -0.4 is 10.6 Å². The Bertz CT molecular complexity index is 2000. The third-order valence-corrected chi connectivity index (χ3v) is 8.22. The summed E-state index contributed by atoms with van der Waals surface area (Å²) in [6.07, 6.45) is 1.65. The lowest BCUT2D eigenvalue weighted by Crippen LogP contribution is -2.35. The van der Waals surface area contributed by atoms with Crippen LogP contribution in [0.5, 0.6) is 0 Å². The van der Waals surface area contributed by atoms with E-state index in [0.29, 0.717) is 45.5 Å². The van der Waals surface area contributed by atoms with Gasteiger partial charge in [0.1, 0.15) is 11.8 Å². The monoisotopic (exact) mass is 624 g/mol. The molecule has 2 N–H and O–H groups in total. The number of halogens is 3. The summed E-state index contributed by atoms with van der Waals surface area (Å²) in [7, 11) is 0. The molecule has 0 unspecified atom stereocenters. The Morgan fingerprint density at radius 1 is 1.09 bits per heavy atom. The van der Waals surface area contributed by atoms with Gasteiger partial charge in [-0.2, -0.15) is 28.8 Å². The number of fused-ring (bicyclic) bond motifs is 1. The maximum atomic E-state index is 14.0. The van der Waals surface area contributed by atoms with E-state index in [1.807, 2.05) is 25.1 Å². The molecule has 1 aliphatic rings. The summed E-state index contributed by atoms with van der Waals surface area (Å²) in [5.74, 6) is 0. The minimum absolute atomic E-state index is 0.0739. The molecule has 1 saturated carbocycles. The van der Waals surface area contributed by atoms with Gasteiger partial charge in [0.05, 0.1) is 52.0 Å². The van der Waals surface area contributed by atoms with Crippen LogP contribution in [-0.4, -0.2) is 42.5 Å². The first kappa shape index (κ1) is 30.6. The molecule has 1 aliphatic carbocycles. The Morgan fingerprint density at radius 2 is 1.87 bits per heavy atom. The first-order valence-electron chi connectivity index (χ1n) is 14.7. The third kappa shape index (κ3) is 5.49. The van der Waals surface area contributed by atoms with Crippen LogP contribution in [0, 0.1) is 35.0 Å². The molecule has 1 atom stereocenters. The van der Waals surface area contributed by atoms with Crippen molar-refractivity contribution in [2.24, 2.45) is 5.41 Å². The Balaban J connectivity index is 1.52. The number of nitrogens with zero attached hydrogens (tertiary/aromatic N) is 8. The Labute approximate surface area is 263 Å². The Morgan fingerprint density at radius 3 is 2.50 bits per heavy atom. The van der Waals surface area contributed by atoms with E-state index in [1.54, 1.807) is 35.3 Å². The molecule has 2 aromatic carbocycles. The number of aromatic nitrogens is 6. The molecular formula is C33H31F3N10. The number of pyridine rings is 1. The van der Waals surface area contributed by atoms with E-state index < -0.39 is 17.8 Å². The van der Waals surface area contributed by atoms with Gasteiger partial charge in [-0.1, -0.05) is 38.1 Å². The van der Waals surface area contributed by atoms with Crippen LogP contribution in [0.1, 0.15) is 67.6 Å². The van der Waals surface area contributed by atoms with Crippen LogP contribution in [0.15, 0.2) is 61.2 Å². The number of rotatable bonds is 8. The minimum Gasteiger partial charge on any atom is -0.383 e. The summed E-state index contributed by atoms with van der Waals surface area (Å²) in [4.78, 5) is 4.60. The maximum Gasteiger partial charge on any atom is 0.413 e. The summed E-state index contributed by atoms with van der Waals surface area (Å²) in [6.45, 7) is 8.63. The molecule has 0 bridgehead atoms. The van der Waals surface area contributed by atoms with Crippen molar-refractivity contribution in [3.8, 4) is 17.8 Å². The zero-order chi connectivity index (χ0) is 32.9. The molecule has 1 fully saturated rings. The van der Waals surface area contributed by atoms with Crippen molar-refractivity contribution in [3.05, 3.63) is 89.1 Å². The number of nitriles is 2. The van der Waals surface area contributed by atoms with E-state index in [9.17, 15) is 23.7 Å². The zero-order valence-corrected chi connectivity index (χ0v) is 25.7. The van der Waals surface area contributed by atoms with E-state index in [-0.39, 0.29) is 24.0 Å². The van der Waals surface area contributed by atoms with E-state index in [0.717, 1.165) is 15.9 Å². The first-order valence-corrected chi connectivity index (χ1v) is 14.7. The lowest BCUT2D eigenvalue weighted by atomic mass is 9.95. The van der Waals surface area contributed by atoms with Gasteiger partial charge in [-0.15, -0.1) is 5.10 Å². The zero-order valence-electron chi connectivity index (χ0n) is 25.7. The maximum absolute atomic E-state index is 14.0. The van der Waals surface area contributed by atoms with Gasteiger partial charge < -0.3 is 10.6 Å². The highest BCUT2D eigenvalue weighted by atomic mass is 19.4. The highest BCUT2D eigenvalue weighted by Crippen LogP contribution is 2.55. The summed E-state index contributed by atoms with van der Waals surface area (Å²) < 4.78 is 44.8. The Hall–Kier alpha value is -5.43.